The fraction of sp³-hybridized carbons (Fsp3) is 0.348. The molecule has 1 aliphatic rings. The lowest BCUT2D eigenvalue weighted by Gasteiger charge is -2.32. The van der Waals surface area contributed by atoms with Crippen LogP contribution in [0.2, 0.25) is 5.02 Å². The molecule has 0 saturated carbocycles. The summed E-state index contributed by atoms with van der Waals surface area (Å²) in [5, 5.41) is 3.31. The number of piperidine rings is 1. The molecule has 0 aliphatic carbocycles. The van der Waals surface area contributed by atoms with Crippen LogP contribution >= 0.6 is 11.6 Å². The summed E-state index contributed by atoms with van der Waals surface area (Å²) in [5.74, 6) is -0.779. The normalized spacial score (nSPS) is 15.3. The molecule has 6 nitrogen and oxygen atoms in total. The van der Waals surface area contributed by atoms with Gasteiger partial charge >= 0.3 is 5.97 Å². The van der Waals surface area contributed by atoms with Crippen LogP contribution in [0.5, 0.6) is 0 Å². The van der Waals surface area contributed by atoms with Gasteiger partial charge in [0, 0.05) is 13.1 Å². The SMILES string of the molecule is COC(=O)C1CCN(C(=O)CC(NC(=O)c2ccccc2Cl)c2ccccc2)CC1. The first-order valence-corrected chi connectivity index (χ1v) is 10.3. The average molecular weight is 429 g/mol. The number of hydrogen-bond acceptors (Lipinski definition) is 4. The average Bonchev–Trinajstić information content (AvgIpc) is 2.79. The Bertz CT molecular complexity index is 895. The number of ether oxygens (including phenoxy) is 1. The Hall–Kier alpha value is -2.86. The van der Waals surface area contributed by atoms with E-state index in [1.807, 2.05) is 30.3 Å². The monoisotopic (exact) mass is 428 g/mol. The second kappa shape index (κ2) is 10.3. The number of esters is 1. The lowest BCUT2D eigenvalue weighted by molar-refractivity contribution is -0.149. The molecule has 158 valence electrons. The summed E-state index contributed by atoms with van der Waals surface area (Å²) >= 11 is 6.15. The number of halogens is 1. The number of hydrogen-bond donors (Lipinski definition) is 1. The van der Waals surface area contributed by atoms with Crippen molar-refractivity contribution in [3.63, 3.8) is 0 Å². The van der Waals surface area contributed by atoms with E-state index < -0.39 is 6.04 Å². The van der Waals surface area contributed by atoms with Gasteiger partial charge in [0.25, 0.3) is 5.91 Å². The van der Waals surface area contributed by atoms with E-state index in [1.165, 1.54) is 7.11 Å². The quantitative estimate of drug-likeness (QED) is 0.713. The van der Waals surface area contributed by atoms with Crippen LogP contribution in [0.1, 0.15) is 41.2 Å². The molecule has 1 unspecified atom stereocenters. The van der Waals surface area contributed by atoms with Gasteiger partial charge in [-0.2, -0.15) is 0 Å². The summed E-state index contributed by atoms with van der Waals surface area (Å²) in [4.78, 5) is 39.2. The van der Waals surface area contributed by atoms with Gasteiger partial charge in [0.15, 0.2) is 0 Å². The van der Waals surface area contributed by atoms with Gasteiger partial charge in [-0.3, -0.25) is 14.4 Å². The van der Waals surface area contributed by atoms with Crippen molar-refractivity contribution in [2.45, 2.75) is 25.3 Å². The van der Waals surface area contributed by atoms with Crippen molar-refractivity contribution in [2.75, 3.05) is 20.2 Å². The number of methoxy groups -OCH3 is 1. The highest BCUT2D eigenvalue weighted by Crippen LogP contribution is 2.24. The van der Waals surface area contributed by atoms with E-state index in [-0.39, 0.29) is 30.1 Å². The number of amides is 2. The maximum atomic E-state index is 12.9. The first kappa shape index (κ1) is 21.8. The molecule has 3 rings (SSSR count). The fourth-order valence-corrected chi connectivity index (χ4v) is 3.88. The largest absolute Gasteiger partial charge is 0.469 e. The van der Waals surface area contributed by atoms with Gasteiger partial charge < -0.3 is 15.0 Å². The third-order valence-electron chi connectivity index (χ3n) is 5.39. The number of nitrogens with zero attached hydrogens (tertiary/aromatic N) is 1. The molecule has 1 N–H and O–H groups in total. The minimum atomic E-state index is -0.485. The number of carbonyl (C=O) groups excluding carboxylic acids is 3. The highest BCUT2D eigenvalue weighted by Gasteiger charge is 2.29. The zero-order chi connectivity index (χ0) is 21.5. The van der Waals surface area contributed by atoms with Crippen LogP contribution in [0.4, 0.5) is 0 Å². The number of carbonyl (C=O) groups is 3. The Morgan fingerprint density at radius 1 is 1.07 bits per heavy atom. The van der Waals surface area contributed by atoms with Gasteiger partial charge in [-0.25, -0.2) is 0 Å². The van der Waals surface area contributed by atoms with Crippen molar-refractivity contribution >= 4 is 29.4 Å². The van der Waals surface area contributed by atoms with Crippen molar-refractivity contribution < 1.29 is 19.1 Å². The van der Waals surface area contributed by atoms with Crippen LogP contribution in [0.25, 0.3) is 0 Å². The summed E-state index contributed by atoms with van der Waals surface area (Å²) in [7, 11) is 1.38. The summed E-state index contributed by atoms with van der Waals surface area (Å²) in [6.45, 7) is 0.997. The van der Waals surface area contributed by atoms with E-state index >= 15 is 0 Å². The molecule has 30 heavy (non-hydrogen) atoms. The third-order valence-corrected chi connectivity index (χ3v) is 5.72. The first-order valence-electron chi connectivity index (χ1n) is 9.95. The molecule has 1 saturated heterocycles. The van der Waals surface area contributed by atoms with E-state index in [1.54, 1.807) is 29.2 Å². The molecular weight excluding hydrogens is 404 g/mol. The molecule has 1 aliphatic heterocycles. The number of rotatable bonds is 6. The fourth-order valence-electron chi connectivity index (χ4n) is 3.65. The third kappa shape index (κ3) is 5.39. The second-order valence-electron chi connectivity index (χ2n) is 7.30. The second-order valence-corrected chi connectivity index (χ2v) is 7.71. The van der Waals surface area contributed by atoms with Crippen molar-refractivity contribution in [3.05, 3.63) is 70.7 Å². The summed E-state index contributed by atoms with van der Waals surface area (Å²) in [6, 6.07) is 15.7. The van der Waals surface area contributed by atoms with Gasteiger partial charge in [0.1, 0.15) is 0 Å². The minimum absolute atomic E-state index is 0.0633. The molecule has 1 atom stereocenters. The molecule has 0 aromatic heterocycles. The van der Waals surface area contributed by atoms with Crippen LogP contribution in [0, 0.1) is 5.92 Å². The standard InChI is InChI=1S/C23H25ClN2O4/c1-30-23(29)17-11-13-26(14-12-17)21(27)15-20(16-7-3-2-4-8-16)25-22(28)18-9-5-6-10-19(18)24/h2-10,17,20H,11-15H2,1H3,(H,25,28). The minimum Gasteiger partial charge on any atom is -0.469 e. The smallest absolute Gasteiger partial charge is 0.308 e. The Kier molecular flexibility index (Phi) is 7.46. The maximum Gasteiger partial charge on any atom is 0.308 e. The first-order chi connectivity index (χ1) is 14.5. The van der Waals surface area contributed by atoms with E-state index in [0.29, 0.717) is 36.5 Å². The Morgan fingerprint density at radius 2 is 1.70 bits per heavy atom. The molecule has 1 fully saturated rings. The molecule has 0 radical (unpaired) electrons. The van der Waals surface area contributed by atoms with Crippen LogP contribution in [0.15, 0.2) is 54.6 Å². The maximum absolute atomic E-state index is 12.9. The van der Waals surface area contributed by atoms with E-state index in [9.17, 15) is 14.4 Å². The van der Waals surface area contributed by atoms with E-state index in [0.717, 1.165) is 5.56 Å². The van der Waals surface area contributed by atoms with Crippen molar-refractivity contribution in [1.29, 1.82) is 0 Å². The predicted molar refractivity (Wildman–Crippen MR) is 114 cm³/mol. The lowest BCUT2D eigenvalue weighted by atomic mass is 9.96. The molecule has 0 bridgehead atoms. The predicted octanol–water partition coefficient (Wildman–Crippen LogP) is 3.61. The number of nitrogens with one attached hydrogen (secondary N) is 1. The number of benzene rings is 2. The molecule has 2 aromatic carbocycles. The van der Waals surface area contributed by atoms with Crippen molar-refractivity contribution in [1.82, 2.24) is 10.2 Å². The molecule has 2 aromatic rings. The zero-order valence-corrected chi connectivity index (χ0v) is 17.6. The topological polar surface area (TPSA) is 75.7 Å². The van der Waals surface area contributed by atoms with Gasteiger partial charge in [-0.1, -0.05) is 54.1 Å². The van der Waals surface area contributed by atoms with Crippen LogP contribution in [-0.4, -0.2) is 42.9 Å². The zero-order valence-electron chi connectivity index (χ0n) is 16.8. The lowest BCUT2D eigenvalue weighted by Crippen LogP contribution is -2.42. The summed E-state index contributed by atoms with van der Waals surface area (Å²) < 4.78 is 4.80. The molecule has 1 heterocycles. The van der Waals surface area contributed by atoms with Gasteiger partial charge in [0.2, 0.25) is 5.91 Å². The van der Waals surface area contributed by atoms with Gasteiger partial charge in [0.05, 0.1) is 36.1 Å². The number of likely N-dealkylation sites (tertiary alicyclic amines) is 1. The Balaban J connectivity index is 1.69. The highest BCUT2D eigenvalue weighted by atomic mass is 35.5. The Labute approximate surface area is 181 Å². The molecule has 0 spiro atoms. The van der Waals surface area contributed by atoms with E-state index in [2.05, 4.69) is 5.32 Å². The Morgan fingerprint density at radius 3 is 2.33 bits per heavy atom. The molecule has 2 amide bonds. The van der Waals surface area contributed by atoms with E-state index in [4.69, 9.17) is 16.3 Å². The van der Waals surface area contributed by atoms with Crippen molar-refractivity contribution in [2.24, 2.45) is 5.92 Å². The van der Waals surface area contributed by atoms with Gasteiger partial charge in [-0.15, -0.1) is 0 Å². The van der Waals surface area contributed by atoms with Crippen LogP contribution < -0.4 is 5.32 Å². The summed E-state index contributed by atoms with van der Waals surface area (Å²) in [6.07, 6.45) is 1.30. The van der Waals surface area contributed by atoms with Crippen molar-refractivity contribution in [3.8, 4) is 0 Å². The molecule has 7 heteroatoms. The van der Waals surface area contributed by atoms with Gasteiger partial charge in [-0.05, 0) is 30.5 Å². The van der Waals surface area contributed by atoms with Crippen LogP contribution in [0.3, 0.4) is 0 Å². The molecular formula is C23H25ClN2O4. The highest BCUT2D eigenvalue weighted by molar-refractivity contribution is 6.33. The summed E-state index contributed by atoms with van der Waals surface area (Å²) in [5.41, 5.74) is 1.21. The van der Waals surface area contributed by atoms with Crippen LogP contribution in [-0.2, 0) is 14.3 Å².